The SMILES string of the molecule is CCNCCOc1ccc(OC2C=CC3N=CNC(Nc4cnc(C)cn4)=C3C2)nc1. The number of hydrogen-bond acceptors (Lipinski definition) is 9. The van der Waals surface area contributed by atoms with Gasteiger partial charge < -0.3 is 25.4 Å². The topological polar surface area (TPSA) is 106 Å². The minimum atomic E-state index is -0.143. The van der Waals surface area contributed by atoms with Crippen molar-refractivity contribution in [3.05, 3.63) is 60.0 Å². The molecule has 162 valence electrons. The first kappa shape index (κ1) is 20.8. The van der Waals surface area contributed by atoms with E-state index in [1.807, 2.05) is 31.2 Å². The Morgan fingerprint density at radius 1 is 1.13 bits per heavy atom. The van der Waals surface area contributed by atoms with Crippen LogP contribution < -0.4 is 25.4 Å². The van der Waals surface area contributed by atoms with Crippen molar-refractivity contribution in [2.24, 2.45) is 4.99 Å². The second-order valence-corrected chi connectivity index (χ2v) is 7.22. The standard InChI is InChI=1S/C22H27N7O2/c1-3-23-8-9-30-17-5-7-21(26-12-17)31-16-4-6-19-18(10-16)22(28-14-27-19)29-20-13-24-15(2)11-25-20/h4-7,11-14,16,19,23H,3,8-10H2,1-2H3,(H,25,29)(H,27,28). The molecule has 9 heteroatoms. The Morgan fingerprint density at radius 2 is 2.06 bits per heavy atom. The summed E-state index contributed by atoms with van der Waals surface area (Å²) in [5, 5.41) is 9.71. The molecule has 3 heterocycles. The number of ether oxygens (including phenoxy) is 2. The first-order valence-corrected chi connectivity index (χ1v) is 10.4. The molecule has 2 aromatic rings. The fourth-order valence-electron chi connectivity index (χ4n) is 3.29. The number of likely N-dealkylation sites (N-methyl/N-ethyl adjacent to an activating group) is 1. The second kappa shape index (κ2) is 10.0. The molecule has 9 nitrogen and oxygen atoms in total. The minimum absolute atomic E-state index is 0.0255. The molecular weight excluding hydrogens is 394 g/mol. The van der Waals surface area contributed by atoms with Crippen LogP contribution in [0.2, 0.25) is 0 Å². The first-order valence-electron chi connectivity index (χ1n) is 10.4. The molecule has 2 aliphatic rings. The van der Waals surface area contributed by atoms with Crippen molar-refractivity contribution < 1.29 is 9.47 Å². The van der Waals surface area contributed by atoms with Crippen molar-refractivity contribution in [3.63, 3.8) is 0 Å². The number of pyridine rings is 1. The third-order valence-electron chi connectivity index (χ3n) is 4.86. The number of rotatable bonds is 9. The van der Waals surface area contributed by atoms with Gasteiger partial charge in [0.25, 0.3) is 0 Å². The van der Waals surface area contributed by atoms with E-state index in [-0.39, 0.29) is 12.1 Å². The van der Waals surface area contributed by atoms with Crippen molar-refractivity contribution >= 4 is 12.2 Å². The zero-order valence-electron chi connectivity index (χ0n) is 17.7. The minimum Gasteiger partial charge on any atom is -0.491 e. The van der Waals surface area contributed by atoms with E-state index in [9.17, 15) is 0 Å². The van der Waals surface area contributed by atoms with Crippen LogP contribution in [0.4, 0.5) is 5.82 Å². The summed E-state index contributed by atoms with van der Waals surface area (Å²) in [7, 11) is 0. The zero-order valence-corrected chi connectivity index (χ0v) is 17.7. The summed E-state index contributed by atoms with van der Waals surface area (Å²) < 4.78 is 11.7. The number of fused-ring (bicyclic) bond motifs is 1. The van der Waals surface area contributed by atoms with Crippen LogP contribution in [0.1, 0.15) is 19.0 Å². The Hall–Kier alpha value is -3.46. The molecule has 0 saturated carbocycles. The lowest BCUT2D eigenvalue weighted by Crippen LogP contribution is -2.34. The lowest BCUT2D eigenvalue weighted by Gasteiger charge is -2.29. The highest BCUT2D eigenvalue weighted by Crippen LogP contribution is 2.28. The molecule has 0 amide bonds. The number of aliphatic imine (C=N–C) groups is 1. The predicted octanol–water partition coefficient (Wildman–Crippen LogP) is 2.20. The van der Waals surface area contributed by atoms with E-state index in [0.717, 1.165) is 35.9 Å². The lowest BCUT2D eigenvalue weighted by molar-refractivity contribution is 0.232. The lowest BCUT2D eigenvalue weighted by atomic mass is 9.93. The van der Waals surface area contributed by atoms with Gasteiger partial charge in [-0.15, -0.1) is 0 Å². The molecule has 2 aromatic heterocycles. The molecule has 31 heavy (non-hydrogen) atoms. The molecule has 0 saturated heterocycles. The van der Waals surface area contributed by atoms with Gasteiger partial charge in [-0.1, -0.05) is 13.0 Å². The second-order valence-electron chi connectivity index (χ2n) is 7.22. The summed E-state index contributed by atoms with van der Waals surface area (Å²) in [6.45, 7) is 6.31. The van der Waals surface area contributed by atoms with Gasteiger partial charge in [-0.05, 0) is 25.6 Å². The fourth-order valence-corrected chi connectivity index (χ4v) is 3.29. The highest BCUT2D eigenvalue weighted by atomic mass is 16.5. The largest absolute Gasteiger partial charge is 0.491 e. The Labute approximate surface area is 181 Å². The smallest absolute Gasteiger partial charge is 0.214 e. The number of nitrogens with zero attached hydrogens (tertiary/aromatic N) is 4. The third-order valence-corrected chi connectivity index (χ3v) is 4.86. The fraction of sp³-hybridized carbons (Fsp3) is 0.364. The Bertz CT molecular complexity index is 955. The number of aromatic nitrogens is 3. The van der Waals surface area contributed by atoms with Crippen LogP contribution in [-0.4, -0.2) is 53.1 Å². The van der Waals surface area contributed by atoms with Crippen LogP contribution in [0.5, 0.6) is 11.6 Å². The molecule has 2 atom stereocenters. The average molecular weight is 422 g/mol. The van der Waals surface area contributed by atoms with Crippen molar-refractivity contribution in [2.75, 3.05) is 25.0 Å². The van der Waals surface area contributed by atoms with Crippen LogP contribution >= 0.6 is 0 Å². The van der Waals surface area contributed by atoms with Crippen molar-refractivity contribution in [1.82, 2.24) is 25.6 Å². The van der Waals surface area contributed by atoms with Gasteiger partial charge in [-0.2, -0.15) is 0 Å². The van der Waals surface area contributed by atoms with Gasteiger partial charge in [0.05, 0.1) is 36.7 Å². The summed E-state index contributed by atoms with van der Waals surface area (Å²) in [5.74, 6) is 2.81. The van der Waals surface area contributed by atoms with Crippen LogP contribution in [0.3, 0.4) is 0 Å². The quantitative estimate of drug-likeness (QED) is 0.418. The van der Waals surface area contributed by atoms with E-state index >= 15 is 0 Å². The normalized spacial score (nSPS) is 19.5. The first-order chi connectivity index (χ1) is 15.2. The van der Waals surface area contributed by atoms with Gasteiger partial charge in [0.1, 0.15) is 30.1 Å². The van der Waals surface area contributed by atoms with Gasteiger partial charge in [0.15, 0.2) is 0 Å². The molecule has 0 spiro atoms. The maximum Gasteiger partial charge on any atom is 0.214 e. The van der Waals surface area contributed by atoms with Crippen LogP contribution in [-0.2, 0) is 0 Å². The van der Waals surface area contributed by atoms with E-state index in [1.165, 1.54) is 0 Å². The van der Waals surface area contributed by atoms with E-state index in [4.69, 9.17) is 9.47 Å². The summed E-state index contributed by atoms with van der Waals surface area (Å²) in [4.78, 5) is 17.5. The van der Waals surface area contributed by atoms with Crippen LogP contribution in [0.15, 0.2) is 59.3 Å². The van der Waals surface area contributed by atoms with Crippen molar-refractivity contribution in [1.29, 1.82) is 0 Å². The van der Waals surface area contributed by atoms with Crippen molar-refractivity contribution in [3.8, 4) is 11.6 Å². The Balaban J connectivity index is 1.39. The molecule has 1 aliphatic carbocycles. The van der Waals surface area contributed by atoms with Gasteiger partial charge in [0.2, 0.25) is 5.88 Å². The molecule has 2 unspecified atom stereocenters. The third kappa shape index (κ3) is 5.58. The molecule has 0 aromatic carbocycles. The molecule has 4 rings (SSSR count). The number of aryl methyl sites for hydroxylation is 1. The zero-order chi connectivity index (χ0) is 21.5. The summed E-state index contributed by atoms with van der Waals surface area (Å²) >= 11 is 0. The van der Waals surface area contributed by atoms with Crippen molar-refractivity contribution in [2.45, 2.75) is 32.4 Å². The predicted molar refractivity (Wildman–Crippen MR) is 119 cm³/mol. The average Bonchev–Trinajstić information content (AvgIpc) is 2.80. The molecule has 0 fully saturated rings. The number of anilines is 1. The molecule has 3 N–H and O–H groups in total. The van der Waals surface area contributed by atoms with E-state index < -0.39 is 0 Å². The summed E-state index contributed by atoms with van der Waals surface area (Å²) in [5.41, 5.74) is 1.97. The number of nitrogens with one attached hydrogen (secondary N) is 3. The van der Waals surface area contributed by atoms with Gasteiger partial charge in [-0.3, -0.25) is 9.98 Å². The number of hydrogen-bond donors (Lipinski definition) is 3. The molecular formula is C22H27N7O2. The molecule has 0 bridgehead atoms. The van der Waals surface area contributed by atoms with Gasteiger partial charge in [-0.25, -0.2) is 9.97 Å². The van der Waals surface area contributed by atoms with Gasteiger partial charge >= 0.3 is 0 Å². The van der Waals surface area contributed by atoms with E-state index in [1.54, 1.807) is 24.9 Å². The molecule has 1 aliphatic heterocycles. The van der Waals surface area contributed by atoms with E-state index in [2.05, 4.69) is 42.8 Å². The van der Waals surface area contributed by atoms with Crippen LogP contribution in [0.25, 0.3) is 0 Å². The Kier molecular flexibility index (Phi) is 6.73. The summed E-state index contributed by atoms with van der Waals surface area (Å²) in [6, 6.07) is 3.68. The highest BCUT2D eigenvalue weighted by molar-refractivity contribution is 5.64. The van der Waals surface area contributed by atoms with Crippen LogP contribution in [0, 0.1) is 6.92 Å². The highest BCUT2D eigenvalue weighted by Gasteiger charge is 2.27. The van der Waals surface area contributed by atoms with E-state index in [0.29, 0.717) is 24.7 Å². The maximum absolute atomic E-state index is 6.08. The molecule has 0 radical (unpaired) electrons. The summed E-state index contributed by atoms with van der Waals surface area (Å²) in [6.07, 6.45) is 11.4. The Morgan fingerprint density at radius 3 is 2.84 bits per heavy atom. The monoisotopic (exact) mass is 421 g/mol. The maximum atomic E-state index is 6.08. The van der Waals surface area contributed by atoms with Gasteiger partial charge in [0, 0.05) is 24.6 Å².